The maximum atomic E-state index is 11.7. The summed E-state index contributed by atoms with van der Waals surface area (Å²) in [6.45, 7) is 6.87. The second kappa shape index (κ2) is 14.4. The molecule has 8 nitrogen and oxygen atoms in total. The Morgan fingerprint density at radius 3 is 1.87 bits per heavy atom. The molecule has 7 rings (SSSR count). The number of nitriles is 2. The largest absolute Gasteiger partial charge is 0.481 e. The molecule has 0 spiro atoms. The predicted molar refractivity (Wildman–Crippen MR) is 207 cm³/mol. The molecule has 2 aromatic heterocycles. The third-order valence-corrected chi connectivity index (χ3v) is 9.73. The maximum Gasteiger partial charge on any atom is 0.313 e. The SMILES string of the molecule is CC(C)(C(=O)O)c1ccc2cncc(-c3ccc(C#N)c4ccccc34)c2c1.CC(C)(Cc1ccc2cncc(-c3ccc(C#N)cc3)c2c1)C(=O)O. The third kappa shape index (κ3) is 7.17. The van der Waals surface area contributed by atoms with Gasteiger partial charge in [-0.15, -0.1) is 0 Å². The van der Waals surface area contributed by atoms with E-state index in [1.54, 1.807) is 64.6 Å². The van der Waals surface area contributed by atoms with Gasteiger partial charge in [0.05, 0.1) is 34.1 Å². The summed E-state index contributed by atoms with van der Waals surface area (Å²) in [4.78, 5) is 31.8. The minimum atomic E-state index is -0.999. The first kappa shape index (κ1) is 35.9. The lowest BCUT2D eigenvalue weighted by Gasteiger charge is -2.21. The van der Waals surface area contributed by atoms with Gasteiger partial charge in [-0.2, -0.15) is 10.5 Å². The molecule has 260 valence electrons. The van der Waals surface area contributed by atoms with Crippen LogP contribution in [0.3, 0.4) is 0 Å². The van der Waals surface area contributed by atoms with Crippen molar-refractivity contribution >= 4 is 44.3 Å². The number of carboxylic acids is 2. The first-order valence-corrected chi connectivity index (χ1v) is 17.0. The van der Waals surface area contributed by atoms with E-state index in [0.29, 0.717) is 17.5 Å². The van der Waals surface area contributed by atoms with E-state index in [4.69, 9.17) is 5.26 Å². The molecule has 0 saturated heterocycles. The number of aliphatic carboxylic acids is 2. The molecule has 2 N–H and O–H groups in total. The van der Waals surface area contributed by atoms with E-state index in [1.807, 2.05) is 84.9 Å². The Kier molecular flexibility index (Phi) is 9.74. The number of hydrogen-bond acceptors (Lipinski definition) is 6. The van der Waals surface area contributed by atoms with Crippen molar-refractivity contribution in [3.05, 3.63) is 144 Å². The quantitative estimate of drug-likeness (QED) is 0.167. The van der Waals surface area contributed by atoms with E-state index >= 15 is 0 Å². The Hall–Kier alpha value is -6.90. The second-order valence-electron chi connectivity index (χ2n) is 14.2. The van der Waals surface area contributed by atoms with Crippen LogP contribution in [0.4, 0.5) is 0 Å². The smallest absolute Gasteiger partial charge is 0.313 e. The van der Waals surface area contributed by atoms with Gasteiger partial charge in [-0.05, 0) is 96.8 Å². The minimum absolute atomic E-state index is 0.452. The fourth-order valence-electron chi connectivity index (χ4n) is 6.38. The average Bonchev–Trinajstić information content (AvgIpc) is 3.17. The molecule has 0 fully saturated rings. The topological polar surface area (TPSA) is 148 Å². The molecular weight excluding hydrogens is 661 g/mol. The summed E-state index contributed by atoms with van der Waals surface area (Å²) in [6.07, 6.45) is 7.63. The van der Waals surface area contributed by atoms with Crippen LogP contribution in [-0.4, -0.2) is 32.1 Å². The minimum Gasteiger partial charge on any atom is -0.481 e. The standard InChI is InChI=1S/C24H18N2O2.C21H18N2O2/c1-24(2,23(27)28)17-9-7-16-13-26-14-22(21(16)11-17)20-10-8-15(12-25)18-5-3-4-6-19(18)20;1-21(2,20(24)25)10-15-5-8-17-12-23-13-19(18(17)9-15)16-6-3-14(11-22)4-7-16/h3-11,13-14H,1-2H3,(H,27,28);3-9,12-13H,10H2,1-2H3,(H,24,25). The van der Waals surface area contributed by atoms with E-state index in [-0.39, 0.29) is 0 Å². The lowest BCUT2D eigenvalue weighted by atomic mass is 9.83. The Bertz CT molecular complexity index is 2630. The van der Waals surface area contributed by atoms with Crippen LogP contribution in [0.15, 0.2) is 122 Å². The number of benzene rings is 5. The molecule has 0 bridgehead atoms. The van der Waals surface area contributed by atoms with Crippen LogP contribution in [0, 0.1) is 28.1 Å². The van der Waals surface area contributed by atoms with Gasteiger partial charge in [0.25, 0.3) is 0 Å². The average molecular weight is 697 g/mol. The second-order valence-corrected chi connectivity index (χ2v) is 14.2. The van der Waals surface area contributed by atoms with E-state index in [9.17, 15) is 25.1 Å². The Balaban J connectivity index is 0.000000183. The van der Waals surface area contributed by atoms with Crippen LogP contribution in [0.25, 0.3) is 54.6 Å². The fraction of sp³-hybridized carbons (Fsp3) is 0.156. The summed E-state index contributed by atoms with van der Waals surface area (Å²) in [5, 5.41) is 43.1. The number of hydrogen-bond donors (Lipinski definition) is 2. The lowest BCUT2D eigenvalue weighted by molar-refractivity contribution is -0.147. The summed E-state index contributed by atoms with van der Waals surface area (Å²) in [5.74, 6) is -1.68. The summed E-state index contributed by atoms with van der Waals surface area (Å²) in [6, 6.07) is 35.0. The van der Waals surface area contributed by atoms with Crippen LogP contribution < -0.4 is 0 Å². The first-order valence-electron chi connectivity index (χ1n) is 17.0. The molecule has 5 aromatic carbocycles. The Morgan fingerprint density at radius 1 is 0.623 bits per heavy atom. The van der Waals surface area contributed by atoms with Crippen molar-refractivity contribution in [3.63, 3.8) is 0 Å². The highest BCUT2D eigenvalue weighted by Crippen LogP contribution is 2.37. The highest BCUT2D eigenvalue weighted by atomic mass is 16.4. The summed E-state index contributed by atoms with van der Waals surface area (Å²) < 4.78 is 0. The van der Waals surface area contributed by atoms with Crippen molar-refractivity contribution in [2.24, 2.45) is 5.41 Å². The fourth-order valence-corrected chi connectivity index (χ4v) is 6.38. The summed E-state index contributed by atoms with van der Waals surface area (Å²) in [5.41, 5.74) is 4.96. The number of pyridine rings is 2. The van der Waals surface area contributed by atoms with E-state index in [1.165, 1.54) is 0 Å². The van der Waals surface area contributed by atoms with Gasteiger partial charge < -0.3 is 10.2 Å². The van der Waals surface area contributed by atoms with Gasteiger partial charge in [-0.1, -0.05) is 72.8 Å². The molecular formula is C45H36N4O4. The Labute approximate surface area is 307 Å². The monoisotopic (exact) mass is 696 g/mol. The first-order chi connectivity index (χ1) is 25.3. The van der Waals surface area contributed by atoms with Crippen molar-refractivity contribution in [1.29, 1.82) is 10.5 Å². The molecule has 0 aliphatic rings. The number of fused-ring (bicyclic) bond motifs is 3. The molecule has 0 saturated carbocycles. The zero-order chi connectivity index (χ0) is 37.9. The number of aromatic nitrogens is 2. The van der Waals surface area contributed by atoms with E-state index in [0.717, 1.165) is 65.7 Å². The molecule has 8 heteroatoms. The van der Waals surface area contributed by atoms with Gasteiger partial charge in [0.2, 0.25) is 0 Å². The van der Waals surface area contributed by atoms with Gasteiger partial charge in [0.1, 0.15) is 0 Å². The van der Waals surface area contributed by atoms with Gasteiger partial charge in [0, 0.05) is 52.1 Å². The molecule has 0 atom stereocenters. The van der Waals surface area contributed by atoms with Crippen molar-refractivity contribution in [2.45, 2.75) is 39.5 Å². The molecule has 0 unspecified atom stereocenters. The van der Waals surface area contributed by atoms with Crippen LogP contribution in [0.2, 0.25) is 0 Å². The highest BCUT2D eigenvalue weighted by Gasteiger charge is 2.30. The number of nitrogens with zero attached hydrogens (tertiary/aromatic N) is 4. The molecule has 0 aliphatic carbocycles. The molecule has 0 amide bonds. The summed E-state index contributed by atoms with van der Waals surface area (Å²) in [7, 11) is 0. The number of carboxylic acid groups (broad SMARTS) is 2. The van der Waals surface area contributed by atoms with Gasteiger partial charge >= 0.3 is 11.9 Å². The van der Waals surface area contributed by atoms with Gasteiger partial charge in [0.15, 0.2) is 0 Å². The predicted octanol–water partition coefficient (Wildman–Crippen LogP) is 9.72. The van der Waals surface area contributed by atoms with Crippen LogP contribution in [-0.2, 0) is 21.4 Å². The lowest BCUT2D eigenvalue weighted by Crippen LogP contribution is -2.28. The number of rotatable bonds is 7. The van der Waals surface area contributed by atoms with Crippen molar-refractivity contribution in [1.82, 2.24) is 9.97 Å². The molecule has 7 aromatic rings. The molecule has 2 heterocycles. The van der Waals surface area contributed by atoms with Crippen LogP contribution in [0.5, 0.6) is 0 Å². The van der Waals surface area contributed by atoms with Crippen molar-refractivity contribution in [3.8, 4) is 34.4 Å². The molecule has 0 radical (unpaired) electrons. The van der Waals surface area contributed by atoms with Crippen LogP contribution >= 0.6 is 0 Å². The Morgan fingerprint density at radius 2 is 1.25 bits per heavy atom. The normalized spacial score (nSPS) is 11.4. The van der Waals surface area contributed by atoms with Crippen molar-refractivity contribution in [2.75, 3.05) is 0 Å². The van der Waals surface area contributed by atoms with Gasteiger partial charge in [-0.25, -0.2) is 0 Å². The zero-order valence-electron chi connectivity index (χ0n) is 29.8. The van der Waals surface area contributed by atoms with Crippen molar-refractivity contribution < 1.29 is 19.8 Å². The van der Waals surface area contributed by atoms with E-state index < -0.39 is 22.8 Å². The third-order valence-electron chi connectivity index (χ3n) is 9.73. The molecule has 0 aliphatic heterocycles. The maximum absolute atomic E-state index is 11.7. The number of carbonyl (C=O) groups is 2. The highest BCUT2D eigenvalue weighted by molar-refractivity contribution is 6.06. The summed E-state index contributed by atoms with van der Waals surface area (Å²) >= 11 is 0. The van der Waals surface area contributed by atoms with Gasteiger partial charge in [-0.3, -0.25) is 19.6 Å². The van der Waals surface area contributed by atoms with Crippen LogP contribution in [0.1, 0.15) is 49.9 Å². The zero-order valence-corrected chi connectivity index (χ0v) is 29.8. The van der Waals surface area contributed by atoms with E-state index in [2.05, 4.69) is 22.1 Å². The molecule has 53 heavy (non-hydrogen) atoms.